The van der Waals surface area contributed by atoms with E-state index in [9.17, 15) is 0 Å². The summed E-state index contributed by atoms with van der Waals surface area (Å²) < 4.78 is 21.0. The summed E-state index contributed by atoms with van der Waals surface area (Å²) in [6.07, 6.45) is 0. The smallest absolute Gasteiger partial charge is 0.197 e. The van der Waals surface area contributed by atoms with Crippen molar-refractivity contribution in [3.8, 4) is 168 Å². The zero-order valence-electron chi connectivity index (χ0n) is 71.3. The van der Waals surface area contributed by atoms with Crippen LogP contribution in [0.15, 0.2) is 468 Å². The highest BCUT2D eigenvalue weighted by molar-refractivity contribution is 6.26. The van der Waals surface area contributed by atoms with Crippen LogP contribution in [0.25, 0.3) is 255 Å². The maximum Gasteiger partial charge on any atom is 0.197 e. The SMILES string of the molecule is c1ccc(-c2nc(-c3oc4c5c(cc6ccccc64)-c4ccccc4-c4ccccc4-c35)nc3ccccc23)cc1.c1ccc(-c2nc3ccccc3nc2-c2oc3c4c(cc5ccccc53)-c3ccccc3-c3ccccc3-c24)cc1.c1ccc(N(c2ccccc2)c2ccc(-c3ccc(-c4oc5c6c(cc7ccccc75)-c5ccccc5-c5ccccc5-c46)cc3)cc2)cc1. The maximum atomic E-state index is 7.05. The molecule has 0 unspecified atom stereocenters. The fraction of sp³-hybridized carbons (Fsp3) is 0. The minimum atomic E-state index is 0.588. The predicted octanol–water partition coefficient (Wildman–Crippen LogP) is 34.1. The van der Waals surface area contributed by atoms with Crippen LogP contribution in [0.3, 0.4) is 0 Å². The second kappa shape index (κ2) is 31.1. The first-order valence-electron chi connectivity index (χ1n) is 44.8. The first-order valence-corrected chi connectivity index (χ1v) is 44.8. The Morgan fingerprint density at radius 3 is 0.894 bits per heavy atom. The Hall–Kier alpha value is -17.7. The summed E-state index contributed by atoms with van der Waals surface area (Å²) in [5.41, 5.74) is 37.7. The van der Waals surface area contributed by atoms with Crippen LogP contribution in [-0.2, 0) is 0 Å². The summed E-state index contributed by atoms with van der Waals surface area (Å²) in [6, 6.07) is 160. The molecule has 28 rings (SSSR count). The highest BCUT2D eigenvalue weighted by atomic mass is 16.3. The Morgan fingerprint density at radius 2 is 0.462 bits per heavy atom. The van der Waals surface area contributed by atoms with Gasteiger partial charge >= 0.3 is 0 Å². The zero-order chi connectivity index (χ0) is 86.9. The summed E-state index contributed by atoms with van der Waals surface area (Å²) >= 11 is 0. The molecular weight excluding hydrogens is 1610 g/mol. The lowest BCUT2D eigenvalue weighted by molar-refractivity contribution is 0.630. The molecule has 3 aliphatic carbocycles. The summed E-state index contributed by atoms with van der Waals surface area (Å²) in [6.45, 7) is 0. The highest BCUT2D eigenvalue weighted by Crippen LogP contribution is 2.59. The van der Waals surface area contributed by atoms with Gasteiger partial charge in [0.15, 0.2) is 17.3 Å². The largest absolute Gasteiger partial charge is 0.455 e. The molecule has 0 saturated heterocycles. The van der Waals surface area contributed by atoms with Crippen LogP contribution in [-0.4, -0.2) is 19.9 Å². The van der Waals surface area contributed by atoms with Gasteiger partial charge in [0.1, 0.15) is 33.9 Å². The summed E-state index contributed by atoms with van der Waals surface area (Å²) in [5, 5.41) is 11.2. The number of anilines is 3. The lowest BCUT2D eigenvalue weighted by Gasteiger charge is -2.25. The normalized spacial score (nSPS) is 11.8. The monoisotopic (exact) mass is 1680 g/mol. The standard InChI is InChI=1S/C48H31NO.2C38H22N2O/c1-3-14-36(15-4-1)49(37-16-5-2-6-17-37)38-29-27-33(28-30-38)32-23-25-34(26-24-32)47-45-43-22-12-11-20-41(43)40-19-9-10-21-42(40)44-31-35-13-7-8-18-39(35)48(50-47)46(44)45;1-2-12-23(13-3-1)35-36(40-32-21-11-10-20-31(32)39-35)38-33-29-19-9-8-17-27(29)26-16-6-7-18-28(26)30-22-24-14-4-5-15-25(24)37(41-38)34(30)33;1-2-12-23(13-3-1)35-30-20-10-11-21-32(30)39-38(40-35)37-33-29-19-9-8-17-27(29)26-16-6-7-18-28(26)31-22-24-14-4-5-15-25(24)36(41-37)34(31)33/h1-31H;2*1-22H. The van der Waals surface area contributed by atoms with Crippen molar-refractivity contribution >= 4 is 104 Å². The van der Waals surface area contributed by atoms with Crippen molar-refractivity contribution < 1.29 is 13.3 Å². The molecule has 5 heterocycles. The Balaban J connectivity index is 0.000000104. The molecule has 0 N–H and O–H groups in total. The van der Waals surface area contributed by atoms with Crippen LogP contribution in [0, 0.1) is 0 Å². The van der Waals surface area contributed by atoms with E-state index < -0.39 is 0 Å². The average molecular weight is 1680 g/mol. The van der Waals surface area contributed by atoms with Crippen LogP contribution < -0.4 is 4.90 Å². The molecule has 0 amide bonds. The molecule has 25 aromatic rings. The van der Waals surface area contributed by atoms with Crippen LogP contribution in [0.4, 0.5) is 17.1 Å². The van der Waals surface area contributed by atoms with Crippen molar-refractivity contribution in [2.75, 3.05) is 4.90 Å². The van der Waals surface area contributed by atoms with Gasteiger partial charge in [-0.15, -0.1) is 0 Å². The number of para-hydroxylation sites is 5. The minimum Gasteiger partial charge on any atom is -0.455 e. The van der Waals surface area contributed by atoms with E-state index >= 15 is 0 Å². The molecule has 20 aromatic carbocycles. The van der Waals surface area contributed by atoms with Crippen molar-refractivity contribution in [1.29, 1.82) is 0 Å². The molecule has 5 aromatic heterocycles. The van der Waals surface area contributed by atoms with Gasteiger partial charge in [0.25, 0.3) is 0 Å². The Labute approximate surface area is 760 Å². The molecule has 8 nitrogen and oxygen atoms in total. The summed E-state index contributed by atoms with van der Waals surface area (Å²) in [4.78, 5) is 23.1. The average Bonchev–Trinajstić information content (AvgIpc) is 1.56. The van der Waals surface area contributed by atoms with Gasteiger partial charge in [-0.05, 0) is 184 Å². The van der Waals surface area contributed by atoms with Gasteiger partial charge in [-0.25, -0.2) is 19.9 Å². The quantitative estimate of drug-likeness (QED) is 0.141. The predicted molar refractivity (Wildman–Crippen MR) is 544 cm³/mol. The van der Waals surface area contributed by atoms with E-state index in [-0.39, 0.29) is 0 Å². The third-order valence-electron chi connectivity index (χ3n) is 26.5. The lowest BCUT2D eigenvalue weighted by atomic mass is 9.93. The Kier molecular flexibility index (Phi) is 17.8. The number of fused-ring (bicyclic) bond motifs is 23. The van der Waals surface area contributed by atoms with Crippen LogP contribution in [0.5, 0.6) is 0 Å². The topological polar surface area (TPSA) is 94.2 Å². The lowest BCUT2D eigenvalue weighted by Crippen LogP contribution is -2.09. The van der Waals surface area contributed by atoms with Crippen molar-refractivity contribution in [3.05, 3.63) is 455 Å². The van der Waals surface area contributed by atoms with E-state index in [1.54, 1.807) is 0 Å². The molecule has 0 spiro atoms. The van der Waals surface area contributed by atoms with Gasteiger partial charge < -0.3 is 18.2 Å². The van der Waals surface area contributed by atoms with Crippen molar-refractivity contribution in [3.63, 3.8) is 0 Å². The first kappa shape index (κ1) is 75.6. The van der Waals surface area contributed by atoms with Crippen molar-refractivity contribution in [1.82, 2.24) is 19.9 Å². The van der Waals surface area contributed by atoms with Gasteiger partial charge in [-0.1, -0.05) is 382 Å². The number of hydrogen-bond donors (Lipinski definition) is 0. The molecule has 3 aliphatic rings. The molecule has 132 heavy (non-hydrogen) atoms. The van der Waals surface area contributed by atoms with Crippen LogP contribution in [0.1, 0.15) is 0 Å². The number of furan rings is 3. The van der Waals surface area contributed by atoms with Gasteiger partial charge in [-0.2, -0.15) is 0 Å². The summed E-state index contributed by atoms with van der Waals surface area (Å²) in [5.74, 6) is 2.93. The van der Waals surface area contributed by atoms with E-state index in [1.165, 1.54) is 83.1 Å². The van der Waals surface area contributed by atoms with Gasteiger partial charge in [0, 0.05) is 88.1 Å². The number of aromatic nitrogens is 4. The molecule has 614 valence electrons. The van der Waals surface area contributed by atoms with E-state index in [0.717, 1.165) is 178 Å². The molecule has 0 aliphatic heterocycles. The fourth-order valence-electron chi connectivity index (χ4n) is 20.6. The van der Waals surface area contributed by atoms with Crippen LogP contribution >= 0.6 is 0 Å². The second-order valence-electron chi connectivity index (χ2n) is 33.9. The second-order valence-corrected chi connectivity index (χ2v) is 33.9. The number of rotatable bonds is 9. The molecule has 0 saturated carbocycles. The molecule has 8 heteroatoms. The summed E-state index contributed by atoms with van der Waals surface area (Å²) in [7, 11) is 0. The molecule has 0 bridgehead atoms. The maximum absolute atomic E-state index is 7.05. The number of benzene rings is 20. The highest BCUT2D eigenvalue weighted by Gasteiger charge is 2.35. The van der Waals surface area contributed by atoms with Crippen molar-refractivity contribution in [2.24, 2.45) is 0 Å². The number of hydrogen-bond acceptors (Lipinski definition) is 8. The van der Waals surface area contributed by atoms with Gasteiger partial charge in [0.05, 0.1) is 22.2 Å². The molecular formula is C124H75N5O3. The number of nitrogens with zero attached hydrogens (tertiary/aromatic N) is 5. The molecule has 0 fully saturated rings. The first-order chi connectivity index (χ1) is 65.5. The zero-order valence-corrected chi connectivity index (χ0v) is 71.3. The van der Waals surface area contributed by atoms with E-state index in [2.05, 4.69) is 387 Å². The third kappa shape index (κ3) is 12.4. The van der Waals surface area contributed by atoms with E-state index in [1.807, 2.05) is 72.8 Å². The Morgan fingerprint density at radius 1 is 0.174 bits per heavy atom. The van der Waals surface area contributed by atoms with Gasteiger partial charge in [-0.3, -0.25) is 0 Å². The third-order valence-corrected chi connectivity index (χ3v) is 26.5. The molecule has 0 radical (unpaired) electrons. The van der Waals surface area contributed by atoms with Crippen LogP contribution in [0.2, 0.25) is 0 Å². The minimum absolute atomic E-state index is 0.588. The fourth-order valence-corrected chi connectivity index (χ4v) is 20.6. The molecule has 0 atom stereocenters. The Bertz CT molecular complexity index is 8910. The van der Waals surface area contributed by atoms with E-state index in [0.29, 0.717) is 11.6 Å². The van der Waals surface area contributed by atoms with Crippen molar-refractivity contribution in [2.45, 2.75) is 0 Å². The van der Waals surface area contributed by atoms with Gasteiger partial charge in [0.2, 0.25) is 0 Å². The van der Waals surface area contributed by atoms with E-state index in [4.69, 9.17) is 33.2 Å².